The summed E-state index contributed by atoms with van der Waals surface area (Å²) in [6.45, 7) is 2.08. The Morgan fingerprint density at radius 1 is 1.17 bits per heavy atom. The first kappa shape index (κ1) is 11.2. The van der Waals surface area contributed by atoms with Gasteiger partial charge in [-0.25, -0.2) is 15.0 Å². The Labute approximate surface area is 109 Å². The second-order valence-corrected chi connectivity index (χ2v) is 4.89. The van der Waals surface area contributed by atoms with E-state index in [1.165, 1.54) is 5.69 Å². The molecular formula is C13H12N4S. The summed E-state index contributed by atoms with van der Waals surface area (Å²) in [5, 5.41) is 0.784. The number of fused-ring (bicyclic) bond motifs is 1. The molecule has 0 saturated carbocycles. The van der Waals surface area contributed by atoms with E-state index >= 15 is 0 Å². The van der Waals surface area contributed by atoms with Crippen LogP contribution in [0, 0.1) is 6.92 Å². The molecule has 90 valence electrons. The van der Waals surface area contributed by atoms with Crippen LogP contribution in [-0.4, -0.2) is 19.4 Å². The van der Waals surface area contributed by atoms with Gasteiger partial charge >= 0.3 is 0 Å². The third-order valence-corrected chi connectivity index (χ3v) is 3.55. The van der Waals surface area contributed by atoms with Crippen LogP contribution in [0.3, 0.4) is 0 Å². The Balaban J connectivity index is 1.81. The molecule has 0 unspecified atom stereocenters. The van der Waals surface area contributed by atoms with E-state index in [-0.39, 0.29) is 0 Å². The third-order valence-electron chi connectivity index (χ3n) is 2.64. The molecule has 0 aromatic carbocycles. The molecule has 0 atom stereocenters. The van der Waals surface area contributed by atoms with Crippen molar-refractivity contribution in [3.63, 3.8) is 0 Å². The molecule has 18 heavy (non-hydrogen) atoms. The summed E-state index contributed by atoms with van der Waals surface area (Å²) in [7, 11) is 0. The summed E-state index contributed by atoms with van der Waals surface area (Å²) in [5.74, 6) is 0.783. The molecule has 0 saturated heterocycles. The van der Waals surface area contributed by atoms with Crippen LogP contribution in [0.25, 0.3) is 5.65 Å². The van der Waals surface area contributed by atoms with Crippen LogP contribution in [0.15, 0.2) is 48.0 Å². The van der Waals surface area contributed by atoms with Gasteiger partial charge < -0.3 is 4.40 Å². The molecule has 0 aliphatic heterocycles. The topological polar surface area (TPSA) is 43.1 Å². The molecule has 0 amide bonds. The Bertz CT molecular complexity index is 663. The molecule has 3 aromatic rings. The molecule has 0 fully saturated rings. The molecule has 3 heterocycles. The van der Waals surface area contributed by atoms with Gasteiger partial charge in [0.25, 0.3) is 0 Å². The van der Waals surface area contributed by atoms with Crippen molar-refractivity contribution in [3.8, 4) is 0 Å². The fourth-order valence-electron chi connectivity index (χ4n) is 1.77. The quantitative estimate of drug-likeness (QED) is 0.534. The van der Waals surface area contributed by atoms with Gasteiger partial charge in [-0.05, 0) is 25.1 Å². The highest BCUT2D eigenvalue weighted by molar-refractivity contribution is 7.98. The lowest BCUT2D eigenvalue weighted by Gasteiger charge is -1.96. The highest BCUT2D eigenvalue weighted by Crippen LogP contribution is 2.18. The van der Waals surface area contributed by atoms with E-state index in [2.05, 4.69) is 38.5 Å². The van der Waals surface area contributed by atoms with Crippen molar-refractivity contribution < 1.29 is 0 Å². The summed E-state index contributed by atoms with van der Waals surface area (Å²) in [6.07, 6.45) is 5.58. The van der Waals surface area contributed by atoms with Crippen molar-refractivity contribution in [1.82, 2.24) is 19.4 Å². The zero-order chi connectivity index (χ0) is 12.4. The Morgan fingerprint density at radius 2 is 2.00 bits per heavy atom. The molecule has 3 aromatic heterocycles. The minimum absolute atomic E-state index is 0.783. The van der Waals surface area contributed by atoms with Gasteiger partial charge in [-0.3, -0.25) is 0 Å². The fraction of sp³-hybridized carbons (Fsp3) is 0.154. The Kier molecular flexibility index (Phi) is 2.98. The van der Waals surface area contributed by atoms with Crippen LogP contribution < -0.4 is 0 Å². The minimum Gasteiger partial charge on any atom is -0.304 e. The van der Waals surface area contributed by atoms with Crippen LogP contribution >= 0.6 is 11.8 Å². The Hall–Kier alpha value is -1.88. The number of thioether (sulfide) groups is 1. The van der Waals surface area contributed by atoms with Gasteiger partial charge in [0, 0.05) is 30.0 Å². The first-order valence-electron chi connectivity index (χ1n) is 5.66. The molecule has 0 N–H and O–H groups in total. The number of aromatic nitrogens is 4. The third kappa shape index (κ3) is 2.22. The molecule has 0 aliphatic carbocycles. The van der Waals surface area contributed by atoms with Crippen LogP contribution in [-0.2, 0) is 5.75 Å². The van der Waals surface area contributed by atoms with Gasteiger partial charge in [-0.1, -0.05) is 17.8 Å². The maximum atomic E-state index is 4.58. The highest BCUT2D eigenvalue weighted by atomic mass is 32.2. The second kappa shape index (κ2) is 4.78. The predicted octanol–water partition coefficient (Wildman–Crippen LogP) is 2.73. The predicted molar refractivity (Wildman–Crippen MR) is 71.5 cm³/mol. The van der Waals surface area contributed by atoms with E-state index in [0.29, 0.717) is 0 Å². The van der Waals surface area contributed by atoms with Crippen molar-refractivity contribution in [3.05, 3.63) is 54.2 Å². The van der Waals surface area contributed by atoms with E-state index < -0.39 is 0 Å². The number of aryl methyl sites for hydroxylation is 1. The first-order valence-corrected chi connectivity index (χ1v) is 6.65. The lowest BCUT2D eigenvalue weighted by Crippen LogP contribution is -1.87. The van der Waals surface area contributed by atoms with Crippen molar-refractivity contribution in [2.45, 2.75) is 17.8 Å². The Morgan fingerprint density at radius 3 is 2.78 bits per heavy atom. The van der Waals surface area contributed by atoms with Gasteiger partial charge in [0.15, 0.2) is 5.16 Å². The number of nitrogens with zero attached hydrogens (tertiary/aromatic N) is 4. The molecule has 0 radical (unpaired) electrons. The maximum absolute atomic E-state index is 4.58. The number of imidazole rings is 1. The molecule has 3 rings (SSSR count). The number of rotatable bonds is 3. The van der Waals surface area contributed by atoms with E-state index in [9.17, 15) is 0 Å². The zero-order valence-corrected chi connectivity index (χ0v) is 10.8. The van der Waals surface area contributed by atoms with Crippen molar-refractivity contribution in [1.29, 1.82) is 0 Å². The monoisotopic (exact) mass is 256 g/mol. The van der Waals surface area contributed by atoms with Crippen LogP contribution in [0.4, 0.5) is 0 Å². The number of hydrogen-bond acceptors (Lipinski definition) is 4. The van der Waals surface area contributed by atoms with Crippen LogP contribution in [0.2, 0.25) is 0 Å². The maximum Gasteiger partial charge on any atom is 0.187 e. The van der Waals surface area contributed by atoms with Crippen molar-refractivity contribution >= 4 is 17.4 Å². The molecular weight excluding hydrogens is 244 g/mol. The SMILES string of the molecule is Cc1cccc2nc(CSc3ncccn3)cn12. The smallest absolute Gasteiger partial charge is 0.187 e. The fourth-order valence-corrected chi connectivity index (χ4v) is 2.45. The van der Waals surface area contributed by atoms with E-state index in [0.717, 1.165) is 22.3 Å². The molecule has 0 bridgehead atoms. The summed E-state index contributed by atoms with van der Waals surface area (Å²) in [6, 6.07) is 7.93. The van der Waals surface area contributed by atoms with Crippen LogP contribution in [0.5, 0.6) is 0 Å². The molecule has 0 aliphatic rings. The van der Waals surface area contributed by atoms with Crippen molar-refractivity contribution in [2.24, 2.45) is 0 Å². The second-order valence-electron chi connectivity index (χ2n) is 3.95. The first-order chi connectivity index (χ1) is 8.83. The van der Waals surface area contributed by atoms with E-state index in [4.69, 9.17) is 0 Å². The normalized spacial score (nSPS) is 10.9. The van der Waals surface area contributed by atoms with Gasteiger partial charge in [0.05, 0.1) is 5.69 Å². The average molecular weight is 256 g/mol. The van der Waals surface area contributed by atoms with Gasteiger partial charge in [0.1, 0.15) is 5.65 Å². The summed E-state index contributed by atoms with van der Waals surface area (Å²) in [5.41, 5.74) is 3.22. The standard InChI is InChI=1S/C13H12N4S/c1-10-4-2-5-12-16-11(8-17(10)12)9-18-13-14-6-3-7-15-13/h2-8H,9H2,1H3. The lowest BCUT2D eigenvalue weighted by molar-refractivity contribution is 0.965. The summed E-state index contributed by atoms with van der Waals surface area (Å²) in [4.78, 5) is 12.9. The minimum atomic E-state index is 0.783. The summed E-state index contributed by atoms with van der Waals surface area (Å²) < 4.78 is 2.10. The average Bonchev–Trinajstić information content (AvgIpc) is 2.82. The van der Waals surface area contributed by atoms with Gasteiger partial charge in [0.2, 0.25) is 0 Å². The van der Waals surface area contributed by atoms with Gasteiger partial charge in [-0.15, -0.1) is 0 Å². The zero-order valence-electron chi connectivity index (χ0n) is 9.95. The van der Waals surface area contributed by atoms with E-state index in [1.807, 2.05) is 18.2 Å². The van der Waals surface area contributed by atoms with Crippen molar-refractivity contribution in [2.75, 3.05) is 0 Å². The van der Waals surface area contributed by atoms with Gasteiger partial charge in [-0.2, -0.15) is 0 Å². The number of hydrogen-bond donors (Lipinski definition) is 0. The summed E-state index contributed by atoms with van der Waals surface area (Å²) >= 11 is 1.60. The molecule has 5 heteroatoms. The lowest BCUT2D eigenvalue weighted by atomic mass is 10.4. The molecule has 0 spiro atoms. The highest BCUT2D eigenvalue weighted by Gasteiger charge is 2.04. The largest absolute Gasteiger partial charge is 0.304 e. The van der Waals surface area contributed by atoms with Crippen LogP contribution in [0.1, 0.15) is 11.4 Å². The molecule has 4 nitrogen and oxygen atoms in total. The number of pyridine rings is 1. The van der Waals surface area contributed by atoms with E-state index in [1.54, 1.807) is 24.2 Å².